The van der Waals surface area contributed by atoms with Gasteiger partial charge in [0.15, 0.2) is 0 Å². The molecule has 1 heterocycles. The Bertz CT molecular complexity index is 563. The lowest BCUT2D eigenvalue weighted by Crippen LogP contribution is -2.45. The van der Waals surface area contributed by atoms with Crippen molar-refractivity contribution in [2.45, 2.75) is 31.1 Å². The van der Waals surface area contributed by atoms with E-state index in [0.29, 0.717) is 18.6 Å². The molecule has 2 aliphatic carbocycles. The van der Waals surface area contributed by atoms with Crippen LogP contribution in [0.5, 0.6) is 0 Å². The molecule has 0 unspecified atom stereocenters. The van der Waals surface area contributed by atoms with Crippen molar-refractivity contribution in [3.05, 3.63) is 34.4 Å². The van der Waals surface area contributed by atoms with Crippen LogP contribution in [0.3, 0.4) is 0 Å². The van der Waals surface area contributed by atoms with Gasteiger partial charge in [-0.1, -0.05) is 22.0 Å². The minimum atomic E-state index is -0.248. The van der Waals surface area contributed by atoms with E-state index in [2.05, 4.69) is 38.3 Å². The number of carbonyl (C=O) groups excluding carboxylic acids is 1. The van der Waals surface area contributed by atoms with Gasteiger partial charge in [-0.2, -0.15) is 0 Å². The fourth-order valence-corrected chi connectivity index (χ4v) is 3.30. The molecule has 0 amide bonds. The molecule has 1 fully saturated rings. The molecule has 0 radical (unpaired) electrons. The number of carbonyl (C=O) groups is 1. The predicted molar refractivity (Wildman–Crippen MR) is 71.2 cm³/mol. The summed E-state index contributed by atoms with van der Waals surface area (Å²) in [5.74, 6) is 1.20. The third kappa shape index (κ3) is 1.68. The van der Waals surface area contributed by atoms with Crippen LogP contribution in [-0.2, 0) is 17.3 Å². The fourth-order valence-electron chi connectivity index (χ4n) is 2.83. The number of halogens is 1. The molecule has 1 aromatic heterocycles. The Morgan fingerprint density at radius 3 is 2.78 bits per heavy atom. The van der Waals surface area contributed by atoms with E-state index in [1.54, 1.807) is 6.33 Å². The molecule has 0 saturated heterocycles. The highest BCUT2D eigenvalue weighted by Crippen LogP contribution is 2.48. The molecule has 0 N–H and O–H groups in total. The highest BCUT2D eigenvalue weighted by atomic mass is 79.9. The minimum absolute atomic E-state index is 0.248. The monoisotopic (exact) mass is 307 g/mol. The summed E-state index contributed by atoms with van der Waals surface area (Å²) in [6, 6.07) is 0. The van der Waals surface area contributed by atoms with E-state index in [4.69, 9.17) is 0 Å². The molecule has 1 saturated carbocycles. The molecule has 5 heteroatoms. The van der Waals surface area contributed by atoms with Gasteiger partial charge in [0.2, 0.25) is 0 Å². The largest absolute Gasteiger partial charge is 0.320 e. The van der Waals surface area contributed by atoms with Crippen molar-refractivity contribution in [3.8, 4) is 0 Å². The van der Waals surface area contributed by atoms with Crippen LogP contribution in [-0.4, -0.2) is 20.5 Å². The minimum Gasteiger partial charge on any atom is -0.320 e. The second-order valence-corrected chi connectivity index (χ2v) is 6.05. The molecule has 0 spiro atoms. The SMILES string of the molecule is Cn1cnnc1C1(C2=CCCC(Br)=C2)CC(=O)C1. The first-order valence-corrected chi connectivity index (χ1v) is 6.84. The quantitative estimate of drug-likeness (QED) is 0.843. The zero-order valence-electron chi connectivity index (χ0n) is 10.2. The average molecular weight is 308 g/mol. The van der Waals surface area contributed by atoms with Crippen molar-refractivity contribution in [1.82, 2.24) is 14.8 Å². The fraction of sp³-hybridized carbons (Fsp3) is 0.462. The van der Waals surface area contributed by atoms with Crippen molar-refractivity contribution >= 4 is 21.7 Å². The second-order valence-electron chi connectivity index (χ2n) is 5.03. The third-order valence-corrected chi connectivity index (χ3v) is 4.37. The van der Waals surface area contributed by atoms with E-state index in [9.17, 15) is 4.79 Å². The van der Waals surface area contributed by atoms with Crippen molar-refractivity contribution in [2.75, 3.05) is 0 Å². The third-order valence-electron chi connectivity index (χ3n) is 3.75. The number of nitrogens with zero attached hydrogens (tertiary/aromatic N) is 3. The summed E-state index contributed by atoms with van der Waals surface area (Å²) in [6.45, 7) is 0. The second kappa shape index (κ2) is 4.16. The topological polar surface area (TPSA) is 47.8 Å². The van der Waals surface area contributed by atoms with Crippen LogP contribution in [0.1, 0.15) is 31.5 Å². The van der Waals surface area contributed by atoms with E-state index in [1.807, 2.05) is 11.6 Å². The van der Waals surface area contributed by atoms with Crippen LogP contribution >= 0.6 is 15.9 Å². The Morgan fingerprint density at radius 2 is 2.22 bits per heavy atom. The Labute approximate surface area is 114 Å². The number of hydrogen-bond acceptors (Lipinski definition) is 3. The van der Waals surface area contributed by atoms with Crippen molar-refractivity contribution < 1.29 is 4.79 Å². The number of rotatable bonds is 2. The number of allylic oxidation sites excluding steroid dienone is 4. The number of aryl methyl sites for hydroxylation is 1. The zero-order chi connectivity index (χ0) is 12.8. The van der Waals surface area contributed by atoms with Gasteiger partial charge in [-0.15, -0.1) is 10.2 Å². The molecule has 3 rings (SSSR count). The van der Waals surface area contributed by atoms with Crippen molar-refractivity contribution in [1.29, 1.82) is 0 Å². The van der Waals surface area contributed by atoms with E-state index >= 15 is 0 Å². The Morgan fingerprint density at radius 1 is 1.44 bits per heavy atom. The van der Waals surface area contributed by atoms with Crippen LogP contribution in [0, 0.1) is 0 Å². The lowest BCUT2D eigenvalue weighted by atomic mass is 9.61. The van der Waals surface area contributed by atoms with E-state index in [-0.39, 0.29) is 5.41 Å². The smallest absolute Gasteiger partial charge is 0.144 e. The number of hydrogen-bond donors (Lipinski definition) is 0. The summed E-state index contributed by atoms with van der Waals surface area (Å²) < 4.78 is 3.12. The molecule has 94 valence electrons. The maximum Gasteiger partial charge on any atom is 0.144 e. The van der Waals surface area contributed by atoms with Crippen molar-refractivity contribution in [2.24, 2.45) is 7.05 Å². The van der Waals surface area contributed by atoms with Gasteiger partial charge in [-0.05, 0) is 29.0 Å². The summed E-state index contributed by atoms with van der Waals surface area (Å²) in [6.07, 6.45) is 9.20. The number of aromatic nitrogens is 3. The Hall–Kier alpha value is -1.23. The molecule has 0 bridgehead atoms. The Balaban J connectivity index is 2.06. The number of Topliss-reactive ketones (excluding diaryl/α,β-unsaturated/α-hetero) is 1. The molecule has 0 atom stereocenters. The number of ketones is 1. The van der Waals surface area contributed by atoms with Crippen LogP contribution in [0.15, 0.2) is 28.5 Å². The predicted octanol–water partition coefficient (Wildman–Crippen LogP) is 2.41. The first kappa shape index (κ1) is 11.8. The first-order chi connectivity index (χ1) is 8.62. The van der Waals surface area contributed by atoms with Crippen LogP contribution in [0.2, 0.25) is 0 Å². The van der Waals surface area contributed by atoms with Gasteiger partial charge in [0.25, 0.3) is 0 Å². The highest BCUT2D eigenvalue weighted by Gasteiger charge is 2.50. The van der Waals surface area contributed by atoms with E-state index < -0.39 is 0 Å². The van der Waals surface area contributed by atoms with E-state index in [1.165, 1.54) is 10.1 Å². The molecule has 1 aromatic rings. The van der Waals surface area contributed by atoms with Crippen LogP contribution in [0.4, 0.5) is 0 Å². The highest BCUT2D eigenvalue weighted by molar-refractivity contribution is 9.11. The maximum atomic E-state index is 11.5. The van der Waals surface area contributed by atoms with E-state index in [0.717, 1.165) is 18.7 Å². The van der Waals surface area contributed by atoms with Gasteiger partial charge < -0.3 is 4.57 Å². The summed E-state index contributed by atoms with van der Waals surface area (Å²) in [7, 11) is 1.93. The summed E-state index contributed by atoms with van der Waals surface area (Å²) >= 11 is 3.56. The Kier molecular flexibility index (Phi) is 2.73. The molecular formula is C13H14BrN3O. The van der Waals surface area contributed by atoms with Gasteiger partial charge in [0, 0.05) is 19.9 Å². The van der Waals surface area contributed by atoms with Gasteiger partial charge in [-0.3, -0.25) is 4.79 Å². The zero-order valence-corrected chi connectivity index (χ0v) is 11.8. The summed E-state index contributed by atoms with van der Waals surface area (Å²) in [4.78, 5) is 11.5. The molecular weight excluding hydrogens is 294 g/mol. The first-order valence-electron chi connectivity index (χ1n) is 6.05. The maximum absolute atomic E-state index is 11.5. The molecule has 0 aliphatic heterocycles. The van der Waals surface area contributed by atoms with Gasteiger partial charge in [-0.25, -0.2) is 0 Å². The molecule has 4 nitrogen and oxygen atoms in total. The van der Waals surface area contributed by atoms with Crippen molar-refractivity contribution in [3.63, 3.8) is 0 Å². The average Bonchev–Trinajstić information content (AvgIpc) is 2.71. The van der Waals surface area contributed by atoms with Gasteiger partial charge >= 0.3 is 0 Å². The van der Waals surface area contributed by atoms with Crippen LogP contribution < -0.4 is 0 Å². The normalized spacial score (nSPS) is 22.2. The van der Waals surface area contributed by atoms with Gasteiger partial charge in [0.1, 0.15) is 17.9 Å². The molecule has 0 aromatic carbocycles. The summed E-state index contributed by atoms with van der Waals surface area (Å²) in [5.41, 5.74) is 0.957. The molecule has 18 heavy (non-hydrogen) atoms. The lowest BCUT2D eigenvalue weighted by molar-refractivity contribution is -0.127. The van der Waals surface area contributed by atoms with Crippen LogP contribution in [0.25, 0.3) is 0 Å². The standard InChI is InChI=1S/C13H14BrN3O/c1-17-8-15-16-12(17)13(6-11(18)7-13)9-3-2-4-10(14)5-9/h3,5,8H,2,4,6-7H2,1H3. The summed E-state index contributed by atoms with van der Waals surface area (Å²) in [5, 5.41) is 8.17. The van der Waals surface area contributed by atoms with Gasteiger partial charge in [0.05, 0.1) is 5.41 Å². The molecule has 2 aliphatic rings. The lowest BCUT2D eigenvalue weighted by Gasteiger charge is -2.41.